The second-order valence-corrected chi connectivity index (χ2v) is 6.42. The Morgan fingerprint density at radius 2 is 1.81 bits per heavy atom. The highest BCUT2D eigenvalue weighted by Crippen LogP contribution is 2.23. The van der Waals surface area contributed by atoms with Gasteiger partial charge in [-0.25, -0.2) is 4.79 Å². The van der Waals surface area contributed by atoms with Crippen molar-refractivity contribution >= 4 is 34.4 Å². The minimum atomic E-state index is -0.953. The van der Waals surface area contributed by atoms with Crippen molar-refractivity contribution in [2.45, 2.75) is 26.0 Å². The van der Waals surface area contributed by atoms with Crippen molar-refractivity contribution < 1.29 is 18.7 Å². The smallest absolute Gasteiger partial charge is 0.375 e. The molecule has 0 saturated carbocycles. The van der Waals surface area contributed by atoms with Gasteiger partial charge in [-0.1, -0.05) is 41.9 Å². The Morgan fingerprint density at radius 3 is 2.54 bits per heavy atom. The zero-order valence-electron chi connectivity index (χ0n) is 14.4. The lowest BCUT2D eigenvalue weighted by Crippen LogP contribution is -2.37. The fourth-order valence-corrected chi connectivity index (χ4v) is 2.72. The molecule has 3 rings (SSSR count). The predicted octanol–water partition coefficient (Wildman–Crippen LogP) is 4.51. The van der Waals surface area contributed by atoms with Crippen LogP contribution in [0.25, 0.3) is 11.0 Å². The molecule has 5 nitrogen and oxygen atoms in total. The molecule has 0 spiro atoms. The largest absolute Gasteiger partial charge is 0.449 e. The zero-order chi connectivity index (χ0) is 18.7. The number of amides is 1. The molecule has 0 aliphatic heterocycles. The first-order valence-electron chi connectivity index (χ1n) is 8.19. The zero-order valence-corrected chi connectivity index (χ0v) is 15.1. The normalized spacial score (nSPS) is 13.2. The van der Waals surface area contributed by atoms with E-state index in [0.29, 0.717) is 16.0 Å². The first-order chi connectivity index (χ1) is 12.4. The summed E-state index contributed by atoms with van der Waals surface area (Å²) in [6, 6.07) is 15.9. The maximum atomic E-state index is 12.3. The van der Waals surface area contributed by atoms with Crippen molar-refractivity contribution in [3.05, 3.63) is 70.9 Å². The number of hydrogen-bond acceptors (Lipinski definition) is 4. The van der Waals surface area contributed by atoms with Gasteiger partial charge in [-0.3, -0.25) is 4.79 Å². The monoisotopic (exact) mass is 371 g/mol. The van der Waals surface area contributed by atoms with Gasteiger partial charge in [0.1, 0.15) is 5.58 Å². The Bertz CT molecular complexity index is 935. The Morgan fingerprint density at radius 1 is 1.08 bits per heavy atom. The van der Waals surface area contributed by atoms with E-state index in [4.69, 9.17) is 20.8 Å². The number of benzene rings is 2. The van der Waals surface area contributed by atoms with Crippen LogP contribution in [0, 0.1) is 0 Å². The molecule has 1 N–H and O–H groups in total. The van der Waals surface area contributed by atoms with E-state index < -0.39 is 12.1 Å². The van der Waals surface area contributed by atoms with E-state index in [1.807, 2.05) is 37.3 Å². The highest BCUT2D eigenvalue weighted by molar-refractivity contribution is 6.31. The van der Waals surface area contributed by atoms with Crippen molar-refractivity contribution in [2.75, 3.05) is 0 Å². The van der Waals surface area contributed by atoms with Gasteiger partial charge < -0.3 is 14.5 Å². The summed E-state index contributed by atoms with van der Waals surface area (Å²) in [6.45, 7) is 3.38. The Labute approximate surface area is 155 Å². The van der Waals surface area contributed by atoms with Crippen LogP contribution in [0.5, 0.6) is 0 Å². The third kappa shape index (κ3) is 4.06. The highest BCUT2D eigenvalue weighted by Gasteiger charge is 2.23. The van der Waals surface area contributed by atoms with Crippen molar-refractivity contribution in [2.24, 2.45) is 0 Å². The molecule has 3 aromatic rings. The molecule has 2 unspecified atom stereocenters. The maximum absolute atomic E-state index is 12.3. The van der Waals surface area contributed by atoms with Crippen LogP contribution >= 0.6 is 11.6 Å². The topological polar surface area (TPSA) is 68.5 Å². The van der Waals surface area contributed by atoms with Crippen LogP contribution in [0.1, 0.15) is 36.0 Å². The molecule has 26 heavy (non-hydrogen) atoms. The first kappa shape index (κ1) is 18.0. The van der Waals surface area contributed by atoms with Crippen molar-refractivity contribution in [3.63, 3.8) is 0 Å². The maximum Gasteiger partial charge on any atom is 0.375 e. The van der Waals surface area contributed by atoms with Gasteiger partial charge in [0.2, 0.25) is 5.76 Å². The lowest BCUT2D eigenvalue weighted by Gasteiger charge is -2.17. The van der Waals surface area contributed by atoms with E-state index in [9.17, 15) is 9.59 Å². The molecule has 1 heterocycles. The summed E-state index contributed by atoms with van der Waals surface area (Å²) in [5.41, 5.74) is 1.49. The number of nitrogens with one attached hydrogen (secondary N) is 1. The van der Waals surface area contributed by atoms with Gasteiger partial charge in [-0.05, 0) is 43.7 Å². The SMILES string of the molecule is CC(OC(=O)c1cc2cc(Cl)ccc2o1)C(=O)NC(C)c1ccccc1. The van der Waals surface area contributed by atoms with Crippen LogP contribution in [0.3, 0.4) is 0 Å². The average molecular weight is 372 g/mol. The third-order valence-electron chi connectivity index (χ3n) is 3.99. The summed E-state index contributed by atoms with van der Waals surface area (Å²) in [5.74, 6) is -1.06. The van der Waals surface area contributed by atoms with E-state index in [2.05, 4.69) is 5.32 Å². The fraction of sp³-hybridized carbons (Fsp3) is 0.200. The number of hydrogen-bond donors (Lipinski definition) is 1. The van der Waals surface area contributed by atoms with Gasteiger partial charge in [0.05, 0.1) is 6.04 Å². The molecule has 2 atom stereocenters. The highest BCUT2D eigenvalue weighted by atomic mass is 35.5. The molecule has 134 valence electrons. The molecule has 1 aromatic heterocycles. The Balaban J connectivity index is 1.63. The first-order valence-corrected chi connectivity index (χ1v) is 8.57. The molecule has 1 amide bonds. The summed E-state index contributed by atoms with van der Waals surface area (Å²) >= 11 is 5.92. The lowest BCUT2D eigenvalue weighted by atomic mass is 10.1. The van der Waals surface area contributed by atoms with E-state index in [1.165, 1.54) is 6.92 Å². The second kappa shape index (κ2) is 7.62. The lowest BCUT2D eigenvalue weighted by molar-refractivity contribution is -0.129. The summed E-state index contributed by atoms with van der Waals surface area (Å²) < 4.78 is 10.7. The van der Waals surface area contributed by atoms with E-state index >= 15 is 0 Å². The minimum absolute atomic E-state index is 0.0259. The van der Waals surface area contributed by atoms with Crippen LogP contribution in [-0.4, -0.2) is 18.0 Å². The molecule has 0 fully saturated rings. The Hall–Kier alpha value is -2.79. The van der Waals surface area contributed by atoms with Gasteiger partial charge in [-0.2, -0.15) is 0 Å². The number of halogens is 1. The molecular formula is C20H18ClNO4. The molecule has 0 saturated heterocycles. The number of rotatable bonds is 5. The summed E-state index contributed by atoms with van der Waals surface area (Å²) in [5, 5.41) is 4.06. The summed E-state index contributed by atoms with van der Waals surface area (Å²) in [7, 11) is 0. The standard InChI is InChI=1S/C20H18ClNO4/c1-12(14-6-4-3-5-7-14)22-19(23)13(2)25-20(24)18-11-15-10-16(21)8-9-17(15)26-18/h3-13H,1-2H3,(H,22,23). The van der Waals surface area contributed by atoms with Crippen LogP contribution < -0.4 is 5.32 Å². The predicted molar refractivity (Wildman–Crippen MR) is 99.1 cm³/mol. The number of ether oxygens (including phenoxy) is 1. The quantitative estimate of drug-likeness (QED) is 0.670. The van der Waals surface area contributed by atoms with Crippen molar-refractivity contribution in [1.29, 1.82) is 0 Å². The van der Waals surface area contributed by atoms with Gasteiger partial charge in [-0.15, -0.1) is 0 Å². The van der Waals surface area contributed by atoms with Crippen LogP contribution in [0.2, 0.25) is 5.02 Å². The Kier molecular flexibility index (Phi) is 5.28. The van der Waals surface area contributed by atoms with E-state index in [1.54, 1.807) is 24.3 Å². The summed E-state index contributed by atoms with van der Waals surface area (Å²) in [4.78, 5) is 24.5. The van der Waals surface area contributed by atoms with E-state index in [0.717, 1.165) is 5.56 Å². The van der Waals surface area contributed by atoms with Gasteiger partial charge in [0, 0.05) is 10.4 Å². The average Bonchev–Trinajstić information content (AvgIpc) is 3.05. The van der Waals surface area contributed by atoms with Gasteiger partial charge >= 0.3 is 5.97 Å². The van der Waals surface area contributed by atoms with Gasteiger partial charge in [0.25, 0.3) is 5.91 Å². The van der Waals surface area contributed by atoms with Crippen molar-refractivity contribution in [1.82, 2.24) is 5.32 Å². The molecular weight excluding hydrogens is 354 g/mol. The number of carbonyl (C=O) groups is 2. The minimum Gasteiger partial charge on any atom is -0.449 e. The molecule has 0 radical (unpaired) electrons. The van der Waals surface area contributed by atoms with Crippen LogP contribution in [-0.2, 0) is 9.53 Å². The van der Waals surface area contributed by atoms with Gasteiger partial charge in [0.15, 0.2) is 6.10 Å². The number of carbonyl (C=O) groups excluding carboxylic acids is 2. The fourth-order valence-electron chi connectivity index (χ4n) is 2.54. The van der Waals surface area contributed by atoms with Crippen LogP contribution in [0.15, 0.2) is 59.0 Å². The summed E-state index contributed by atoms with van der Waals surface area (Å²) in [6.07, 6.45) is -0.953. The number of esters is 1. The molecule has 2 aromatic carbocycles. The molecule has 0 aliphatic carbocycles. The second-order valence-electron chi connectivity index (χ2n) is 5.98. The molecule has 6 heteroatoms. The van der Waals surface area contributed by atoms with Crippen LogP contribution in [0.4, 0.5) is 0 Å². The molecule has 0 bridgehead atoms. The number of fused-ring (bicyclic) bond motifs is 1. The third-order valence-corrected chi connectivity index (χ3v) is 4.23. The van der Waals surface area contributed by atoms with E-state index in [-0.39, 0.29) is 17.7 Å². The molecule has 0 aliphatic rings. The number of furan rings is 1. The van der Waals surface area contributed by atoms with Crippen molar-refractivity contribution in [3.8, 4) is 0 Å².